The van der Waals surface area contributed by atoms with Crippen molar-refractivity contribution in [3.05, 3.63) is 29.3 Å². The minimum atomic E-state index is -0.0218. The SMILES string of the molecule is Cc1cccc(C)c1N1CCC(COC(C)(C)C)C1. The van der Waals surface area contributed by atoms with Crippen LogP contribution in [0.15, 0.2) is 18.2 Å². The molecule has 19 heavy (non-hydrogen) atoms. The Kier molecular flexibility index (Phi) is 4.19. The zero-order valence-electron chi connectivity index (χ0n) is 13.0. The zero-order valence-corrected chi connectivity index (χ0v) is 13.0. The minimum Gasteiger partial charge on any atom is -0.376 e. The number of hydrogen-bond acceptors (Lipinski definition) is 2. The second kappa shape index (κ2) is 5.54. The monoisotopic (exact) mass is 261 g/mol. The van der Waals surface area contributed by atoms with Gasteiger partial charge >= 0.3 is 0 Å². The average molecular weight is 261 g/mol. The maximum Gasteiger partial charge on any atom is 0.0598 e. The van der Waals surface area contributed by atoms with E-state index in [4.69, 9.17) is 4.74 Å². The molecule has 1 aliphatic heterocycles. The van der Waals surface area contributed by atoms with Gasteiger partial charge < -0.3 is 9.64 Å². The number of aryl methyl sites for hydroxylation is 2. The van der Waals surface area contributed by atoms with Crippen LogP contribution in [0.5, 0.6) is 0 Å². The number of para-hydroxylation sites is 1. The first-order valence-electron chi connectivity index (χ1n) is 7.32. The Balaban J connectivity index is 1.99. The summed E-state index contributed by atoms with van der Waals surface area (Å²) in [6, 6.07) is 6.56. The Hall–Kier alpha value is -1.02. The van der Waals surface area contributed by atoms with Gasteiger partial charge in [0.1, 0.15) is 0 Å². The summed E-state index contributed by atoms with van der Waals surface area (Å²) in [6.45, 7) is 14.0. The van der Waals surface area contributed by atoms with E-state index >= 15 is 0 Å². The molecule has 1 heterocycles. The van der Waals surface area contributed by atoms with Gasteiger partial charge in [0.2, 0.25) is 0 Å². The van der Waals surface area contributed by atoms with Crippen LogP contribution in [-0.2, 0) is 4.74 Å². The highest BCUT2D eigenvalue weighted by Crippen LogP contribution is 2.30. The standard InChI is InChI=1S/C17H27NO/c1-13-7-6-8-14(2)16(13)18-10-9-15(11-18)12-19-17(3,4)5/h6-8,15H,9-12H2,1-5H3. The summed E-state index contributed by atoms with van der Waals surface area (Å²) in [5, 5.41) is 0. The zero-order chi connectivity index (χ0) is 14.0. The summed E-state index contributed by atoms with van der Waals surface area (Å²) < 4.78 is 5.93. The lowest BCUT2D eigenvalue weighted by Crippen LogP contribution is -2.26. The van der Waals surface area contributed by atoms with Crippen LogP contribution in [-0.4, -0.2) is 25.3 Å². The Labute approximate surface area is 117 Å². The van der Waals surface area contributed by atoms with E-state index in [9.17, 15) is 0 Å². The fraction of sp³-hybridized carbons (Fsp3) is 0.647. The Bertz CT molecular complexity index is 413. The lowest BCUT2D eigenvalue weighted by atomic mass is 10.1. The third kappa shape index (κ3) is 3.73. The maximum absolute atomic E-state index is 5.93. The van der Waals surface area contributed by atoms with Gasteiger partial charge in [-0.25, -0.2) is 0 Å². The molecule has 1 atom stereocenters. The maximum atomic E-state index is 5.93. The number of benzene rings is 1. The third-order valence-corrected chi connectivity index (χ3v) is 3.79. The first-order chi connectivity index (χ1) is 8.87. The summed E-state index contributed by atoms with van der Waals surface area (Å²) in [5.74, 6) is 0.665. The van der Waals surface area contributed by atoms with E-state index < -0.39 is 0 Å². The molecule has 1 aromatic rings. The highest BCUT2D eigenvalue weighted by Gasteiger charge is 2.26. The van der Waals surface area contributed by atoms with Crippen molar-refractivity contribution >= 4 is 5.69 Å². The molecule has 2 rings (SSSR count). The number of anilines is 1. The van der Waals surface area contributed by atoms with Crippen LogP contribution in [0, 0.1) is 19.8 Å². The van der Waals surface area contributed by atoms with Crippen molar-refractivity contribution in [2.45, 2.75) is 46.6 Å². The van der Waals surface area contributed by atoms with E-state index in [-0.39, 0.29) is 5.60 Å². The van der Waals surface area contributed by atoms with Gasteiger partial charge in [0.25, 0.3) is 0 Å². The van der Waals surface area contributed by atoms with Crippen molar-refractivity contribution in [2.75, 3.05) is 24.6 Å². The molecule has 1 saturated heterocycles. The van der Waals surface area contributed by atoms with Gasteiger partial charge in [-0.05, 0) is 52.2 Å². The van der Waals surface area contributed by atoms with Gasteiger partial charge in [0.05, 0.1) is 12.2 Å². The van der Waals surface area contributed by atoms with E-state index in [0.29, 0.717) is 5.92 Å². The van der Waals surface area contributed by atoms with Crippen molar-refractivity contribution in [1.29, 1.82) is 0 Å². The van der Waals surface area contributed by atoms with Crippen LogP contribution in [0.2, 0.25) is 0 Å². The Morgan fingerprint density at radius 2 is 1.84 bits per heavy atom. The van der Waals surface area contributed by atoms with E-state index in [1.54, 1.807) is 0 Å². The molecule has 0 spiro atoms. The molecule has 0 bridgehead atoms. The van der Waals surface area contributed by atoms with Crippen molar-refractivity contribution < 1.29 is 4.74 Å². The average Bonchev–Trinajstić information content (AvgIpc) is 2.74. The topological polar surface area (TPSA) is 12.5 Å². The lowest BCUT2D eigenvalue weighted by molar-refractivity contribution is -0.0189. The Morgan fingerprint density at radius 1 is 1.21 bits per heavy atom. The molecule has 2 heteroatoms. The second-order valence-electron chi connectivity index (χ2n) is 6.76. The predicted molar refractivity (Wildman–Crippen MR) is 81.9 cm³/mol. The summed E-state index contributed by atoms with van der Waals surface area (Å²) in [5.41, 5.74) is 4.18. The van der Waals surface area contributed by atoms with Gasteiger partial charge in [-0.1, -0.05) is 18.2 Å². The summed E-state index contributed by atoms with van der Waals surface area (Å²) >= 11 is 0. The van der Waals surface area contributed by atoms with E-state index in [1.807, 2.05) is 0 Å². The molecular formula is C17H27NO. The van der Waals surface area contributed by atoms with Gasteiger partial charge in [0.15, 0.2) is 0 Å². The molecule has 1 aromatic carbocycles. The van der Waals surface area contributed by atoms with Crippen molar-refractivity contribution in [3.8, 4) is 0 Å². The third-order valence-electron chi connectivity index (χ3n) is 3.79. The normalized spacial score (nSPS) is 20.1. The van der Waals surface area contributed by atoms with E-state index in [1.165, 1.54) is 23.2 Å². The molecule has 0 aromatic heterocycles. The van der Waals surface area contributed by atoms with Crippen molar-refractivity contribution in [3.63, 3.8) is 0 Å². The number of ether oxygens (including phenoxy) is 1. The minimum absolute atomic E-state index is 0.0218. The fourth-order valence-electron chi connectivity index (χ4n) is 2.84. The highest BCUT2D eigenvalue weighted by atomic mass is 16.5. The van der Waals surface area contributed by atoms with Crippen LogP contribution >= 0.6 is 0 Å². The van der Waals surface area contributed by atoms with Crippen molar-refractivity contribution in [2.24, 2.45) is 5.92 Å². The molecule has 106 valence electrons. The van der Waals surface area contributed by atoms with Crippen LogP contribution < -0.4 is 4.90 Å². The quantitative estimate of drug-likeness (QED) is 0.817. The number of nitrogens with zero attached hydrogens (tertiary/aromatic N) is 1. The van der Waals surface area contributed by atoms with E-state index in [2.05, 4.69) is 57.7 Å². The molecule has 1 fully saturated rings. The van der Waals surface area contributed by atoms with Crippen LogP contribution in [0.1, 0.15) is 38.3 Å². The fourth-order valence-corrected chi connectivity index (χ4v) is 2.84. The highest BCUT2D eigenvalue weighted by molar-refractivity contribution is 5.59. The molecule has 0 N–H and O–H groups in total. The first-order valence-corrected chi connectivity index (χ1v) is 7.32. The molecule has 0 radical (unpaired) electrons. The molecular weight excluding hydrogens is 234 g/mol. The van der Waals surface area contributed by atoms with Crippen LogP contribution in [0.3, 0.4) is 0 Å². The van der Waals surface area contributed by atoms with Crippen molar-refractivity contribution in [1.82, 2.24) is 0 Å². The summed E-state index contributed by atoms with van der Waals surface area (Å²) in [6.07, 6.45) is 1.24. The smallest absolute Gasteiger partial charge is 0.0598 e. The predicted octanol–water partition coefficient (Wildman–Crippen LogP) is 3.94. The number of hydrogen-bond donors (Lipinski definition) is 0. The van der Waals surface area contributed by atoms with Gasteiger partial charge in [0, 0.05) is 24.7 Å². The van der Waals surface area contributed by atoms with Crippen LogP contribution in [0.25, 0.3) is 0 Å². The molecule has 1 aliphatic rings. The van der Waals surface area contributed by atoms with E-state index in [0.717, 1.165) is 19.7 Å². The molecule has 2 nitrogen and oxygen atoms in total. The van der Waals surface area contributed by atoms with Gasteiger partial charge in [-0.15, -0.1) is 0 Å². The van der Waals surface area contributed by atoms with Crippen LogP contribution in [0.4, 0.5) is 5.69 Å². The molecule has 0 aliphatic carbocycles. The largest absolute Gasteiger partial charge is 0.376 e. The molecule has 0 amide bonds. The first kappa shape index (κ1) is 14.4. The molecule has 0 saturated carbocycles. The molecule has 1 unspecified atom stereocenters. The summed E-state index contributed by atoms with van der Waals surface area (Å²) in [4.78, 5) is 2.53. The number of rotatable bonds is 3. The lowest BCUT2D eigenvalue weighted by Gasteiger charge is -2.25. The Morgan fingerprint density at radius 3 is 2.42 bits per heavy atom. The van der Waals surface area contributed by atoms with Gasteiger partial charge in [-0.2, -0.15) is 0 Å². The van der Waals surface area contributed by atoms with Gasteiger partial charge in [-0.3, -0.25) is 0 Å². The second-order valence-corrected chi connectivity index (χ2v) is 6.76. The summed E-state index contributed by atoms with van der Waals surface area (Å²) in [7, 11) is 0.